The van der Waals surface area contributed by atoms with Crippen LogP contribution in [0.2, 0.25) is 0 Å². The van der Waals surface area contributed by atoms with Crippen molar-refractivity contribution in [1.29, 1.82) is 0 Å². The first-order valence-corrected chi connectivity index (χ1v) is 10.3. The number of nitrogens with one attached hydrogen (secondary N) is 1. The number of aromatic carboxylic acids is 1. The van der Waals surface area contributed by atoms with Crippen LogP contribution in [0.25, 0.3) is 21.7 Å². The van der Waals surface area contributed by atoms with E-state index in [4.69, 9.17) is 9.72 Å². The number of amides is 1. The summed E-state index contributed by atoms with van der Waals surface area (Å²) >= 11 is 1.53. The van der Waals surface area contributed by atoms with Crippen LogP contribution in [0.1, 0.15) is 43.1 Å². The molecule has 0 aliphatic rings. The minimum atomic E-state index is -0.989. The molecule has 0 bridgehead atoms. The van der Waals surface area contributed by atoms with Gasteiger partial charge in [0.1, 0.15) is 11.4 Å². The number of anilines is 1. The van der Waals surface area contributed by atoms with E-state index in [1.54, 1.807) is 51.2 Å². The van der Waals surface area contributed by atoms with E-state index in [-0.39, 0.29) is 5.56 Å². The molecule has 1 aromatic carbocycles. The summed E-state index contributed by atoms with van der Waals surface area (Å²) in [5, 5.41) is 12.9. The number of hydrogen-bond acceptors (Lipinski definition) is 6. The van der Waals surface area contributed by atoms with Gasteiger partial charge in [-0.25, -0.2) is 19.6 Å². The van der Waals surface area contributed by atoms with E-state index < -0.39 is 17.7 Å². The molecular weight excluding hydrogens is 402 g/mol. The van der Waals surface area contributed by atoms with Gasteiger partial charge in [0, 0.05) is 11.8 Å². The van der Waals surface area contributed by atoms with Crippen molar-refractivity contribution in [1.82, 2.24) is 9.97 Å². The van der Waals surface area contributed by atoms with Gasteiger partial charge in [0.15, 0.2) is 0 Å². The van der Waals surface area contributed by atoms with Crippen LogP contribution >= 0.6 is 11.3 Å². The number of rotatable bonds is 5. The number of ether oxygens (including phenoxy) is 1. The Morgan fingerprint density at radius 3 is 2.60 bits per heavy atom. The number of carboxylic acid groups (broad SMARTS) is 1. The van der Waals surface area contributed by atoms with E-state index in [9.17, 15) is 14.7 Å². The van der Waals surface area contributed by atoms with Crippen molar-refractivity contribution in [2.45, 2.75) is 39.7 Å². The molecule has 0 fully saturated rings. The fraction of sp³-hybridized carbons (Fsp3) is 0.273. The van der Waals surface area contributed by atoms with Crippen molar-refractivity contribution in [3.63, 3.8) is 0 Å². The Morgan fingerprint density at radius 1 is 1.17 bits per heavy atom. The van der Waals surface area contributed by atoms with E-state index in [1.807, 2.05) is 19.1 Å². The Hall–Kier alpha value is -3.26. The molecule has 0 aliphatic heterocycles. The number of carboxylic acids is 1. The van der Waals surface area contributed by atoms with Gasteiger partial charge in [-0.05, 0) is 57.0 Å². The van der Waals surface area contributed by atoms with Gasteiger partial charge in [0.25, 0.3) is 0 Å². The standard InChI is InChI=1S/C22H23N3O4S/c1-5-17-25-18(13-7-6-8-15(11-13)20(26)27)19(30-17)14-9-10-23-16(12-14)24-21(28)29-22(2,3)4/h6-12H,5H2,1-4H3,(H,26,27)(H,23,24,28). The van der Waals surface area contributed by atoms with Crippen molar-refractivity contribution in [2.24, 2.45) is 0 Å². The number of benzene rings is 1. The summed E-state index contributed by atoms with van der Waals surface area (Å²) in [6, 6.07) is 10.3. The van der Waals surface area contributed by atoms with Gasteiger partial charge in [-0.2, -0.15) is 0 Å². The lowest BCUT2D eigenvalue weighted by Gasteiger charge is -2.19. The highest BCUT2D eigenvalue weighted by molar-refractivity contribution is 7.15. The second-order valence-corrected chi connectivity index (χ2v) is 8.67. The third kappa shape index (κ3) is 5.21. The SMILES string of the molecule is CCc1nc(-c2cccc(C(=O)O)c2)c(-c2ccnc(NC(=O)OC(C)(C)C)c2)s1. The Morgan fingerprint density at radius 2 is 1.93 bits per heavy atom. The summed E-state index contributed by atoms with van der Waals surface area (Å²) < 4.78 is 5.28. The zero-order valence-corrected chi connectivity index (χ0v) is 18.0. The first-order chi connectivity index (χ1) is 14.2. The molecule has 0 spiro atoms. The largest absolute Gasteiger partial charge is 0.478 e. The summed E-state index contributed by atoms with van der Waals surface area (Å²) in [7, 11) is 0. The van der Waals surface area contributed by atoms with Crippen molar-refractivity contribution < 1.29 is 19.4 Å². The molecule has 8 heteroatoms. The van der Waals surface area contributed by atoms with Gasteiger partial charge in [-0.1, -0.05) is 19.1 Å². The lowest BCUT2D eigenvalue weighted by molar-refractivity contribution is 0.0633. The van der Waals surface area contributed by atoms with Crippen LogP contribution in [0.3, 0.4) is 0 Å². The molecule has 2 N–H and O–H groups in total. The number of carbonyl (C=O) groups is 2. The zero-order chi connectivity index (χ0) is 21.9. The average Bonchev–Trinajstić information content (AvgIpc) is 3.11. The quantitative estimate of drug-likeness (QED) is 0.561. The second kappa shape index (κ2) is 8.62. The molecule has 0 saturated heterocycles. The molecule has 2 aromatic heterocycles. The molecule has 3 aromatic rings. The summed E-state index contributed by atoms with van der Waals surface area (Å²) in [6.07, 6.45) is 1.77. The van der Waals surface area contributed by atoms with Gasteiger partial charge < -0.3 is 9.84 Å². The number of thiazole rings is 1. The molecule has 30 heavy (non-hydrogen) atoms. The topological polar surface area (TPSA) is 101 Å². The molecule has 0 aliphatic carbocycles. The first-order valence-electron chi connectivity index (χ1n) is 9.46. The molecule has 0 saturated carbocycles. The van der Waals surface area contributed by atoms with E-state index in [0.717, 1.165) is 27.4 Å². The lowest BCUT2D eigenvalue weighted by atomic mass is 10.0. The Labute approximate surface area is 178 Å². The summed E-state index contributed by atoms with van der Waals surface area (Å²) in [5.74, 6) is -0.629. The smallest absolute Gasteiger partial charge is 0.413 e. The minimum absolute atomic E-state index is 0.200. The average molecular weight is 426 g/mol. The van der Waals surface area contributed by atoms with Gasteiger partial charge in [-0.3, -0.25) is 5.32 Å². The van der Waals surface area contributed by atoms with Crippen LogP contribution in [0.15, 0.2) is 42.6 Å². The van der Waals surface area contributed by atoms with Crippen LogP contribution < -0.4 is 5.32 Å². The van der Waals surface area contributed by atoms with Crippen molar-refractivity contribution in [2.75, 3.05) is 5.32 Å². The molecule has 7 nitrogen and oxygen atoms in total. The van der Waals surface area contributed by atoms with Crippen LogP contribution in [0.4, 0.5) is 10.6 Å². The Kier molecular flexibility index (Phi) is 6.17. The van der Waals surface area contributed by atoms with Gasteiger partial charge in [0.2, 0.25) is 0 Å². The molecule has 0 atom stereocenters. The maximum absolute atomic E-state index is 12.1. The molecule has 1 amide bonds. The highest BCUT2D eigenvalue weighted by Crippen LogP contribution is 2.38. The summed E-state index contributed by atoms with van der Waals surface area (Å²) in [6.45, 7) is 7.38. The van der Waals surface area contributed by atoms with Crippen molar-refractivity contribution >= 4 is 29.2 Å². The highest BCUT2D eigenvalue weighted by atomic mass is 32.1. The molecule has 0 unspecified atom stereocenters. The normalized spacial score (nSPS) is 11.2. The van der Waals surface area contributed by atoms with Gasteiger partial charge in [-0.15, -0.1) is 11.3 Å². The maximum atomic E-state index is 12.1. The van der Waals surface area contributed by atoms with E-state index in [2.05, 4.69) is 10.3 Å². The first kappa shape index (κ1) is 21.4. The Bertz CT molecular complexity index is 1090. The fourth-order valence-corrected chi connectivity index (χ4v) is 3.78. The molecule has 0 radical (unpaired) electrons. The molecular formula is C22H23N3O4S. The highest BCUT2D eigenvalue weighted by Gasteiger charge is 2.19. The van der Waals surface area contributed by atoms with Crippen LogP contribution in [-0.2, 0) is 11.2 Å². The predicted octanol–water partition coefficient (Wildman–Crippen LogP) is 5.48. The monoisotopic (exact) mass is 425 g/mol. The van der Waals surface area contributed by atoms with Crippen LogP contribution in [0, 0.1) is 0 Å². The van der Waals surface area contributed by atoms with E-state index in [1.165, 1.54) is 11.3 Å². The lowest BCUT2D eigenvalue weighted by Crippen LogP contribution is -2.27. The van der Waals surface area contributed by atoms with Crippen LogP contribution in [-0.4, -0.2) is 32.7 Å². The summed E-state index contributed by atoms with van der Waals surface area (Å²) in [4.78, 5) is 33.2. The van der Waals surface area contributed by atoms with Crippen LogP contribution in [0.5, 0.6) is 0 Å². The summed E-state index contributed by atoms with van der Waals surface area (Å²) in [5.41, 5.74) is 1.83. The minimum Gasteiger partial charge on any atom is -0.478 e. The molecule has 3 rings (SSSR count). The zero-order valence-electron chi connectivity index (χ0n) is 17.2. The third-order valence-corrected chi connectivity index (χ3v) is 5.26. The maximum Gasteiger partial charge on any atom is 0.413 e. The molecule has 156 valence electrons. The number of aromatic nitrogens is 2. The fourth-order valence-electron chi connectivity index (χ4n) is 2.75. The van der Waals surface area contributed by atoms with E-state index >= 15 is 0 Å². The van der Waals surface area contributed by atoms with Gasteiger partial charge in [0.05, 0.1) is 21.1 Å². The van der Waals surface area contributed by atoms with E-state index in [0.29, 0.717) is 11.5 Å². The number of aryl methyl sites for hydroxylation is 1. The van der Waals surface area contributed by atoms with Crippen molar-refractivity contribution in [3.05, 3.63) is 53.2 Å². The second-order valence-electron chi connectivity index (χ2n) is 7.58. The van der Waals surface area contributed by atoms with Gasteiger partial charge >= 0.3 is 12.1 Å². The number of carbonyl (C=O) groups excluding carboxylic acids is 1. The predicted molar refractivity (Wildman–Crippen MR) is 117 cm³/mol. The Balaban J connectivity index is 1.99. The van der Waals surface area contributed by atoms with Crippen molar-refractivity contribution in [3.8, 4) is 21.7 Å². The number of hydrogen-bond donors (Lipinski definition) is 2. The number of pyridine rings is 1. The third-order valence-electron chi connectivity index (χ3n) is 4.01. The molecule has 2 heterocycles. The number of nitrogens with zero attached hydrogens (tertiary/aromatic N) is 2.